The van der Waals surface area contributed by atoms with Crippen molar-refractivity contribution in [2.75, 3.05) is 20.1 Å². The van der Waals surface area contributed by atoms with Gasteiger partial charge in [-0.2, -0.15) is 0 Å². The number of carbonyl (C=O) groups excluding carboxylic acids is 1. The lowest BCUT2D eigenvalue weighted by atomic mass is 9.90. The van der Waals surface area contributed by atoms with Gasteiger partial charge >= 0.3 is 0 Å². The molecule has 0 aliphatic carbocycles. The lowest BCUT2D eigenvalue weighted by Gasteiger charge is -2.24. The van der Waals surface area contributed by atoms with Crippen molar-refractivity contribution in [3.8, 4) is 0 Å². The summed E-state index contributed by atoms with van der Waals surface area (Å²) in [6.45, 7) is 12.3. The van der Waals surface area contributed by atoms with Crippen LogP contribution in [0.5, 0.6) is 0 Å². The molecule has 2 N–H and O–H groups in total. The average molecular weight is 214 g/mol. The molecule has 0 heterocycles. The minimum atomic E-state index is -0.327. The van der Waals surface area contributed by atoms with Crippen LogP contribution in [0.25, 0.3) is 0 Å². The SMILES string of the molecule is CNC(=O)C(C)(C)CNCCC(C)(C)C. The van der Waals surface area contributed by atoms with Crippen LogP contribution in [0.1, 0.15) is 41.0 Å². The predicted molar refractivity (Wildman–Crippen MR) is 64.8 cm³/mol. The van der Waals surface area contributed by atoms with E-state index in [-0.39, 0.29) is 11.3 Å². The van der Waals surface area contributed by atoms with Gasteiger partial charge in [0.05, 0.1) is 5.41 Å². The second kappa shape index (κ2) is 5.50. The molecule has 0 saturated carbocycles. The Balaban J connectivity index is 3.81. The number of hydrogen-bond donors (Lipinski definition) is 2. The Labute approximate surface area is 94.0 Å². The van der Waals surface area contributed by atoms with Gasteiger partial charge in [-0.1, -0.05) is 20.8 Å². The van der Waals surface area contributed by atoms with Crippen molar-refractivity contribution in [2.24, 2.45) is 10.8 Å². The fourth-order valence-corrected chi connectivity index (χ4v) is 1.28. The van der Waals surface area contributed by atoms with E-state index in [9.17, 15) is 4.79 Å². The molecule has 0 aliphatic rings. The van der Waals surface area contributed by atoms with Crippen LogP contribution in [-0.2, 0) is 4.79 Å². The van der Waals surface area contributed by atoms with Crippen molar-refractivity contribution in [1.29, 1.82) is 0 Å². The van der Waals surface area contributed by atoms with Crippen molar-refractivity contribution in [3.05, 3.63) is 0 Å². The van der Waals surface area contributed by atoms with Crippen LogP contribution in [0.3, 0.4) is 0 Å². The van der Waals surface area contributed by atoms with Crippen LogP contribution < -0.4 is 10.6 Å². The van der Waals surface area contributed by atoms with Crippen LogP contribution in [0.2, 0.25) is 0 Å². The molecule has 0 aromatic rings. The van der Waals surface area contributed by atoms with E-state index in [1.165, 1.54) is 0 Å². The van der Waals surface area contributed by atoms with Gasteiger partial charge in [0.25, 0.3) is 0 Å². The highest BCUT2D eigenvalue weighted by Gasteiger charge is 2.25. The van der Waals surface area contributed by atoms with Crippen molar-refractivity contribution in [2.45, 2.75) is 41.0 Å². The Morgan fingerprint density at radius 3 is 2.07 bits per heavy atom. The van der Waals surface area contributed by atoms with Gasteiger partial charge in [-0.25, -0.2) is 0 Å². The summed E-state index contributed by atoms with van der Waals surface area (Å²) in [6, 6.07) is 0. The first kappa shape index (κ1) is 14.4. The van der Waals surface area contributed by atoms with Gasteiger partial charge in [-0.05, 0) is 32.2 Å². The van der Waals surface area contributed by atoms with Crippen molar-refractivity contribution >= 4 is 5.91 Å². The molecule has 0 saturated heterocycles. The van der Waals surface area contributed by atoms with Gasteiger partial charge in [0.1, 0.15) is 0 Å². The molecule has 0 rings (SSSR count). The largest absolute Gasteiger partial charge is 0.359 e. The molecule has 0 spiro atoms. The second-order valence-corrected chi connectivity index (χ2v) is 5.95. The molecule has 0 aliphatic heterocycles. The lowest BCUT2D eigenvalue weighted by molar-refractivity contribution is -0.128. The van der Waals surface area contributed by atoms with E-state index in [1.54, 1.807) is 7.05 Å². The van der Waals surface area contributed by atoms with Gasteiger partial charge in [0.15, 0.2) is 0 Å². The molecule has 0 fully saturated rings. The van der Waals surface area contributed by atoms with Crippen LogP contribution in [0.15, 0.2) is 0 Å². The maximum absolute atomic E-state index is 11.5. The smallest absolute Gasteiger partial charge is 0.226 e. The molecule has 0 atom stereocenters. The Hall–Kier alpha value is -0.570. The number of carbonyl (C=O) groups is 1. The van der Waals surface area contributed by atoms with E-state index < -0.39 is 0 Å². The summed E-state index contributed by atoms with van der Waals surface area (Å²) in [5.74, 6) is 0.0887. The monoisotopic (exact) mass is 214 g/mol. The topological polar surface area (TPSA) is 41.1 Å². The predicted octanol–water partition coefficient (Wildman–Crippen LogP) is 1.78. The third-order valence-corrected chi connectivity index (χ3v) is 2.46. The van der Waals surface area contributed by atoms with E-state index >= 15 is 0 Å². The summed E-state index contributed by atoms with van der Waals surface area (Å²) in [6.07, 6.45) is 1.12. The molecule has 3 heteroatoms. The fraction of sp³-hybridized carbons (Fsp3) is 0.917. The summed E-state index contributed by atoms with van der Waals surface area (Å²) in [7, 11) is 1.68. The maximum atomic E-state index is 11.5. The first-order valence-corrected chi connectivity index (χ1v) is 5.62. The van der Waals surface area contributed by atoms with E-state index in [2.05, 4.69) is 31.4 Å². The van der Waals surface area contributed by atoms with Crippen molar-refractivity contribution < 1.29 is 4.79 Å². The molecule has 3 nitrogen and oxygen atoms in total. The second-order valence-electron chi connectivity index (χ2n) is 5.95. The zero-order valence-electron chi connectivity index (χ0n) is 11.0. The Morgan fingerprint density at radius 2 is 1.67 bits per heavy atom. The van der Waals surface area contributed by atoms with Crippen LogP contribution in [0.4, 0.5) is 0 Å². The number of amides is 1. The van der Waals surface area contributed by atoms with E-state index in [0.717, 1.165) is 19.5 Å². The Kier molecular flexibility index (Phi) is 5.29. The number of hydrogen-bond acceptors (Lipinski definition) is 2. The number of rotatable bonds is 5. The molecular formula is C12H26N2O. The molecule has 0 aromatic heterocycles. The minimum Gasteiger partial charge on any atom is -0.359 e. The fourth-order valence-electron chi connectivity index (χ4n) is 1.28. The summed E-state index contributed by atoms with van der Waals surface area (Å²) < 4.78 is 0. The first-order chi connectivity index (χ1) is 6.69. The molecule has 90 valence electrons. The minimum absolute atomic E-state index is 0.0887. The highest BCUT2D eigenvalue weighted by Crippen LogP contribution is 2.18. The van der Waals surface area contributed by atoms with E-state index in [1.807, 2.05) is 13.8 Å². The standard InChI is InChI=1S/C12H26N2O/c1-11(2,3)7-8-14-9-12(4,5)10(15)13-6/h14H,7-9H2,1-6H3,(H,13,15). The van der Waals surface area contributed by atoms with Crippen molar-refractivity contribution in [1.82, 2.24) is 10.6 Å². The van der Waals surface area contributed by atoms with Gasteiger partial charge in [-0.15, -0.1) is 0 Å². The summed E-state index contributed by atoms with van der Waals surface area (Å²) >= 11 is 0. The quantitative estimate of drug-likeness (QED) is 0.685. The maximum Gasteiger partial charge on any atom is 0.226 e. The highest BCUT2D eigenvalue weighted by molar-refractivity contribution is 5.81. The van der Waals surface area contributed by atoms with E-state index in [4.69, 9.17) is 0 Å². The molecule has 0 unspecified atom stereocenters. The van der Waals surface area contributed by atoms with Crippen molar-refractivity contribution in [3.63, 3.8) is 0 Å². The molecule has 0 bridgehead atoms. The zero-order valence-corrected chi connectivity index (χ0v) is 11.0. The van der Waals surface area contributed by atoms with E-state index in [0.29, 0.717) is 5.41 Å². The van der Waals surface area contributed by atoms with Gasteiger partial charge in [0.2, 0.25) is 5.91 Å². The molecule has 0 radical (unpaired) electrons. The lowest BCUT2D eigenvalue weighted by Crippen LogP contribution is -2.42. The third-order valence-electron chi connectivity index (χ3n) is 2.46. The normalized spacial score (nSPS) is 12.7. The Bertz CT molecular complexity index is 204. The number of nitrogens with one attached hydrogen (secondary N) is 2. The van der Waals surface area contributed by atoms with Crippen LogP contribution >= 0.6 is 0 Å². The van der Waals surface area contributed by atoms with Crippen LogP contribution in [0, 0.1) is 10.8 Å². The molecular weight excluding hydrogens is 188 g/mol. The summed E-state index contributed by atoms with van der Waals surface area (Å²) in [4.78, 5) is 11.5. The first-order valence-electron chi connectivity index (χ1n) is 5.62. The highest BCUT2D eigenvalue weighted by atomic mass is 16.2. The summed E-state index contributed by atoms with van der Waals surface area (Å²) in [5.41, 5.74) is 0.0246. The van der Waals surface area contributed by atoms with Crippen LogP contribution in [-0.4, -0.2) is 26.0 Å². The van der Waals surface area contributed by atoms with Gasteiger partial charge in [-0.3, -0.25) is 4.79 Å². The average Bonchev–Trinajstić information content (AvgIpc) is 2.09. The van der Waals surface area contributed by atoms with Gasteiger partial charge in [0, 0.05) is 13.6 Å². The summed E-state index contributed by atoms with van der Waals surface area (Å²) in [5, 5.41) is 6.02. The molecule has 1 amide bonds. The van der Waals surface area contributed by atoms with Gasteiger partial charge < -0.3 is 10.6 Å². The molecule has 15 heavy (non-hydrogen) atoms. The zero-order chi connectivity index (χ0) is 12.1. The third kappa shape index (κ3) is 6.50. The molecule has 0 aromatic carbocycles. The Morgan fingerprint density at radius 1 is 1.13 bits per heavy atom.